The molecule has 1 aliphatic heterocycles. The molecule has 1 N–H and O–H groups in total. The van der Waals surface area contributed by atoms with Crippen LogP contribution in [0.15, 0.2) is 17.2 Å². The second-order valence-corrected chi connectivity index (χ2v) is 5.54. The van der Waals surface area contributed by atoms with Crippen molar-refractivity contribution < 1.29 is 4.79 Å². The molecule has 2 rings (SSSR count). The summed E-state index contributed by atoms with van der Waals surface area (Å²) in [5.74, 6) is 0.342. The fraction of sp³-hybridized carbons (Fsp3) is 0.643. The van der Waals surface area contributed by atoms with E-state index in [1.54, 1.807) is 28.9 Å². The Labute approximate surface area is 124 Å². The van der Waals surface area contributed by atoms with Gasteiger partial charge in [-0.3, -0.25) is 9.59 Å². The maximum atomic E-state index is 12.3. The fourth-order valence-electron chi connectivity index (χ4n) is 2.37. The van der Waals surface area contributed by atoms with E-state index in [4.69, 9.17) is 0 Å². The molecule has 0 atom stereocenters. The molecule has 0 spiro atoms. The van der Waals surface area contributed by atoms with Crippen molar-refractivity contribution >= 4 is 11.7 Å². The van der Waals surface area contributed by atoms with E-state index in [2.05, 4.69) is 10.3 Å². The van der Waals surface area contributed by atoms with Crippen molar-refractivity contribution in [2.45, 2.75) is 19.9 Å². The van der Waals surface area contributed by atoms with Gasteiger partial charge in [-0.05, 0) is 13.8 Å². The summed E-state index contributed by atoms with van der Waals surface area (Å²) >= 11 is 0. The van der Waals surface area contributed by atoms with Gasteiger partial charge in [0.25, 0.3) is 5.56 Å². The first-order valence-corrected chi connectivity index (χ1v) is 7.27. The van der Waals surface area contributed by atoms with E-state index in [1.165, 1.54) is 0 Å². The maximum absolute atomic E-state index is 12.3. The third kappa shape index (κ3) is 3.60. The Hall–Kier alpha value is -1.89. The molecule has 0 bridgehead atoms. The molecular formula is C14H23N5O2. The highest BCUT2D eigenvalue weighted by Crippen LogP contribution is 2.06. The lowest BCUT2D eigenvalue weighted by atomic mass is 10.3. The number of nitrogens with zero attached hydrogens (tertiary/aromatic N) is 4. The summed E-state index contributed by atoms with van der Waals surface area (Å²) in [6, 6.07) is 0.0662. The van der Waals surface area contributed by atoms with Crippen molar-refractivity contribution in [1.82, 2.24) is 19.8 Å². The number of carbonyl (C=O) groups is 1. The molecule has 0 aromatic carbocycles. The molecule has 7 heteroatoms. The number of likely N-dealkylation sites (N-methyl/N-ethyl adjacent to an activating group) is 1. The number of aromatic nitrogens is 2. The number of anilines is 1. The first-order chi connectivity index (χ1) is 10.0. The third-order valence-corrected chi connectivity index (χ3v) is 3.61. The second-order valence-electron chi connectivity index (χ2n) is 5.54. The molecule has 21 heavy (non-hydrogen) atoms. The molecule has 1 aromatic heterocycles. The monoisotopic (exact) mass is 293 g/mol. The van der Waals surface area contributed by atoms with Gasteiger partial charge in [0.15, 0.2) is 5.82 Å². The third-order valence-electron chi connectivity index (χ3n) is 3.61. The maximum Gasteiger partial charge on any atom is 0.293 e. The number of nitrogens with one attached hydrogen (secondary N) is 1. The molecule has 1 saturated heterocycles. The minimum atomic E-state index is -0.164. The zero-order valence-corrected chi connectivity index (χ0v) is 12.9. The Morgan fingerprint density at radius 2 is 2.10 bits per heavy atom. The number of amides is 1. The smallest absolute Gasteiger partial charge is 0.293 e. The summed E-state index contributed by atoms with van der Waals surface area (Å²) < 4.78 is 1.62. The number of hydrogen-bond donors (Lipinski definition) is 1. The zero-order chi connectivity index (χ0) is 15.4. The fourth-order valence-corrected chi connectivity index (χ4v) is 2.37. The Morgan fingerprint density at radius 3 is 2.71 bits per heavy atom. The van der Waals surface area contributed by atoms with Crippen LogP contribution in [0.25, 0.3) is 0 Å². The van der Waals surface area contributed by atoms with Gasteiger partial charge in [0.05, 0.1) is 6.54 Å². The first-order valence-electron chi connectivity index (χ1n) is 7.27. The molecule has 0 unspecified atom stereocenters. The molecule has 1 fully saturated rings. The van der Waals surface area contributed by atoms with Gasteiger partial charge in [-0.15, -0.1) is 0 Å². The number of hydrogen-bond acceptors (Lipinski definition) is 5. The van der Waals surface area contributed by atoms with E-state index < -0.39 is 0 Å². The molecular weight excluding hydrogens is 270 g/mol. The predicted molar refractivity (Wildman–Crippen MR) is 81.6 cm³/mol. The van der Waals surface area contributed by atoms with E-state index in [-0.39, 0.29) is 24.1 Å². The van der Waals surface area contributed by atoms with Gasteiger partial charge >= 0.3 is 0 Å². The van der Waals surface area contributed by atoms with E-state index in [0.29, 0.717) is 18.9 Å². The topological polar surface area (TPSA) is 70.5 Å². The van der Waals surface area contributed by atoms with E-state index >= 15 is 0 Å². The SMILES string of the molecule is CC(C)n1ccnc(N(C)CC(=O)N2CCNCC2)c1=O. The number of carbonyl (C=O) groups excluding carboxylic acids is 1. The standard InChI is InChI=1S/C14H23N5O2/c1-11(2)19-9-6-16-13(14(19)21)17(3)10-12(20)18-7-4-15-5-8-18/h6,9,11,15H,4-5,7-8,10H2,1-3H3. The molecule has 1 amide bonds. The minimum absolute atomic E-state index is 0.0279. The summed E-state index contributed by atoms with van der Waals surface area (Å²) in [4.78, 5) is 32.1. The molecule has 7 nitrogen and oxygen atoms in total. The van der Waals surface area contributed by atoms with Gasteiger partial charge in [-0.2, -0.15) is 0 Å². The van der Waals surface area contributed by atoms with Crippen LogP contribution in [-0.2, 0) is 4.79 Å². The molecule has 0 saturated carbocycles. The Kier molecular flexibility index (Phi) is 4.95. The highest BCUT2D eigenvalue weighted by molar-refractivity contribution is 5.81. The van der Waals surface area contributed by atoms with Crippen molar-refractivity contribution in [3.8, 4) is 0 Å². The van der Waals surface area contributed by atoms with Crippen molar-refractivity contribution in [3.05, 3.63) is 22.7 Å². The second kappa shape index (κ2) is 6.71. The quantitative estimate of drug-likeness (QED) is 0.825. The van der Waals surface area contributed by atoms with Crippen molar-refractivity contribution in [2.24, 2.45) is 0 Å². The van der Waals surface area contributed by atoms with Crippen molar-refractivity contribution in [2.75, 3.05) is 44.7 Å². The van der Waals surface area contributed by atoms with Gasteiger partial charge in [0.1, 0.15) is 0 Å². The summed E-state index contributed by atoms with van der Waals surface area (Å²) in [7, 11) is 1.73. The molecule has 1 aliphatic rings. The minimum Gasteiger partial charge on any atom is -0.346 e. The van der Waals surface area contributed by atoms with Crippen LogP contribution in [0, 0.1) is 0 Å². The van der Waals surface area contributed by atoms with Crippen LogP contribution in [0.2, 0.25) is 0 Å². The molecule has 116 valence electrons. The lowest BCUT2D eigenvalue weighted by Gasteiger charge is -2.29. The Bertz CT molecular complexity index is 549. The molecule has 2 heterocycles. The van der Waals surface area contributed by atoms with Crippen LogP contribution in [0.4, 0.5) is 5.82 Å². The van der Waals surface area contributed by atoms with Gasteiger partial charge < -0.3 is 19.7 Å². The van der Waals surface area contributed by atoms with Crippen LogP contribution in [0.1, 0.15) is 19.9 Å². The van der Waals surface area contributed by atoms with E-state index in [9.17, 15) is 9.59 Å². The predicted octanol–water partition coefficient (Wildman–Crippen LogP) is -0.308. The van der Waals surface area contributed by atoms with Gasteiger partial charge in [0, 0.05) is 51.7 Å². The Morgan fingerprint density at radius 1 is 1.43 bits per heavy atom. The number of piperazine rings is 1. The van der Waals surface area contributed by atoms with E-state index in [0.717, 1.165) is 13.1 Å². The Balaban J connectivity index is 2.09. The van der Waals surface area contributed by atoms with Crippen LogP contribution in [-0.4, -0.2) is 60.1 Å². The molecule has 0 aliphatic carbocycles. The zero-order valence-electron chi connectivity index (χ0n) is 12.9. The van der Waals surface area contributed by atoms with Gasteiger partial charge in [-0.1, -0.05) is 0 Å². The van der Waals surface area contributed by atoms with Crippen LogP contribution >= 0.6 is 0 Å². The molecule has 1 aromatic rings. The summed E-state index contributed by atoms with van der Waals surface area (Å²) in [6.07, 6.45) is 3.27. The summed E-state index contributed by atoms with van der Waals surface area (Å²) in [5, 5.41) is 3.21. The first kappa shape index (κ1) is 15.5. The average molecular weight is 293 g/mol. The van der Waals surface area contributed by atoms with Crippen molar-refractivity contribution in [1.29, 1.82) is 0 Å². The van der Waals surface area contributed by atoms with Crippen LogP contribution < -0.4 is 15.8 Å². The largest absolute Gasteiger partial charge is 0.346 e. The lowest BCUT2D eigenvalue weighted by Crippen LogP contribution is -2.49. The lowest BCUT2D eigenvalue weighted by molar-refractivity contribution is -0.130. The highest BCUT2D eigenvalue weighted by Gasteiger charge is 2.20. The summed E-state index contributed by atoms with van der Waals surface area (Å²) in [5.41, 5.74) is -0.164. The highest BCUT2D eigenvalue weighted by atomic mass is 16.2. The average Bonchev–Trinajstić information content (AvgIpc) is 2.47. The number of rotatable bonds is 4. The van der Waals surface area contributed by atoms with Gasteiger partial charge in [0.2, 0.25) is 5.91 Å². The van der Waals surface area contributed by atoms with Crippen LogP contribution in [0.3, 0.4) is 0 Å². The molecule has 0 radical (unpaired) electrons. The van der Waals surface area contributed by atoms with Crippen molar-refractivity contribution in [3.63, 3.8) is 0 Å². The van der Waals surface area contributed by atoms with Crippen LogP contribution in [0.5, 0.6) is 0 Å². The van der Waals surface area contributed by atoms with E-state index in [1.807, 2.05) is 18.7 Å². The van der Waals surface area contributed by atoms with Gasteiger partial charge in [-0.25, -0.2) is 4.98 Å². The summed E-state index contributed by atoms with van der Waals surface area (Å²) in [6.45, 7) is 7.12. The normalized spacial score (nSPS) is 15.3.